The topological polar surface area (TPSA) is 67.0 Å². The molecule has 0 fully saturated rings. The molecule has 5 nitrogen and oxygen atoms in total. The predicted octanol–water partition coefficient (Wildman–Crippen LogP) is 2.85. The maximum atomic E-state index is 12.4. The van der Waals surface area contributed by atoms with Crippen LogP contribution < -0.4 is 10.1 Å². The molecule has 0 saturated carbocycles. The van der Waals surface area contributed by atoms with Gasteiger partial charge >= 0.3 is 0 Å². The first-order chi connectivity index (χ1) is 9.58. The van der Waals surface area contributed by atoms with Gasteiger partial charge in [0.2, 0.25) is 0 Å². The van der Waals surface area contributed by atoms with E-state index in [0.29, 0.717) is 23.0 Å². The van der Waals surface area contributed by atoms with Gasteiger partial charge in [-0.3, -0.25) is 9.89 Å². The largest absolute Gasteiger partial charge is 0.489 e. The summed E-state index contributed by atoms with van der Waals surface area (Å²) in [5.41, 5.74) is 2.55. The fourth-order valence-corrected chi connectivity index (χ4v) is 2.42. The normalized spacial score (nSPS) is 20.4. The summed E-state index contributed by atoms with van der Waals surface area (Å²) in [6.45, 7) is 6.01. The van der Waals surface area contributed by atoms with E-state index in [1.807, 2.05) is 26.0 Å². The number of benzene rings is 1. The van der Waals surface area contributed by atoms with Crippen molar-refractivity contribution >= 4 is 11.7 Å². The van der Waals surface area contributed by atoms with E-state index >= 15 is 0 Å². The van der Waals surface area contributed by atoms with Crippen LogP contribution in [0.5, 0.6) is 5.75 Å². The van der Waals surface area contributed by atoms with Crippen LogP contribution in [0.4, 0.5) is 5.82 Å². The number of H-pyrrole nitrogens is 1. The van der Waals surface area contributed by atoms with Crippen molar-refractivity contribution < 1.29 is 9.53 Å². The van der Waals surface area contributed by atoms with Crippen LogP contribution in [0, 0.1) is 6.92 Å². The Kier molecular flexibility index (Phi) is 2.97. The van der Waals surface area contributed by atoms with E-state index in [9.17, 15) is 4.79 Å². The lowest BCUT2D eigenvalue weighted by molar-refractivity contribution is 0.102. The molecule has 3 rings (SSSR count). The van der Waals surface area contributed by atoms with Crippen LogP contribution in [0.3, 0.4) is 0 Å². The molecule has 0 saturated heterocycles. The van der Waals surface area contributed by atoms with Crippen LogP contribution in [0.25, 0.3) is 0 Å². The molecule has 2 aromatic rings. The fraction of sp³-hybridized carbons (Fsp3) is 0.333. The van der Waals surface area contributed by atoms with Gasteiger partial charge in [-0.25, -0.2) is 0 Å². The number of fused-ring (bicyclic) bond motifs is 1. The number of nitrogens with zero attached hydrogens (tertiary/aromatic N) is 1. The predicted molar refractivity (Wildman–Crippen MR) is 76.2 cm³/mol. The standard InChI is InChI=1S/C15H17N3O2/c1-8-7-16-18-14(8)17-15(19)12-6-4-5-11-9(2)10(3)20-13(11)12/h4-7,9-10H,1-3H3,(H2,16,17,18,19). The molecule has 0 radical (unpaired) electrons. The molecular formula is C15H17N3O2. The molecule has 1 aliphatic rings. The van der Waals surface area contributed by atoms with Crippen molar-refractivity contribution in [2.75, 3.05) is 5.32 Å². The number of para-hydroxylation sites is 1. The molecule has 20 heavy (non-hydrogen) atoms. The van der Waals surface area contributed by atoms with E-state index in [0.717, 1.165) is 11.1 Å². The van der Waals surface area contributed by atoms with Crippen molar-refractivity contribution in [3.8, 4) is 5.75 Å². The maximum Gasteiger partial charge on any atom is 0.260 e. The highest BCUT2D eigenvalue weighted by Crippen LogP contribution is 2.40. The zero-order valence-corrected chi connectivity index (χ0v) is 11.7. The third-order valence-electron chi connectivity index (χ3n) is 3.86. The number of hydrogen-bond donors (Lipinski definition) is 2. The van der Waals surface area contributed by atoms with Crippen LogP contribution in [-0.2, 0) is 0 Å². The number of amides is 1. The Labute approximate surface area is 117 Å². The van der Waals surface area contributed by atoms with Gasteiger partial charge in [0.1, 0.15) is 17.7 Å². The first-order valence-electron chi connectivity index (χ1n) is 6.69. The summed E-state index contributed by atoms with van der Waals surface area (Å²) in [5.74, 6) is 1.43. The number of hydrogen-bond acceptors (Lipinski definition) is 3. The van der Waals surface area contributed by atoms with Gasteiger partial charge < -0.3 is 10.1 Å². The molecular weight excluding hydrogens is 254 g/mol. The molecule has 5 heteroatoms. The van der Waals surface area contributed by atoms with Gasteiger partial charge in [0, 0.05) is 17.0 Å². The molecule has 0 aliphatic carbocycles. The average molecular weight is 271 g/mol. The number of aromatic amines is 1. The minimum absolute atomic E-state index is 0.0906. The van der Waals surface area contributed by atoms with Gasteiger partial charge in [0.25, 0.3) is 5.91 Å². The Morgan fingerprint density at radius 3 is 2.90 bits per heavy atom. The van der Waals surface area contributed by atoms with Gasteiger partial charge in [-0.2, -0.15) is 5.10 Å². The SMILES string of the molecule is Cc1cn[nH]c1NC(=O)c1cccc2c1OC(C)C2C. The Morgan fingerprint density at radius 1 is 1.40 bits per heavy atom. The number of aryl methyl sites for hydroxylation is 1. The number of anilines is 1. The van der Waals surface area contributed by atoms with E-state index in [1.54, 1.807) is 12.3 Å². The van der Waals surface area contributed by atoms with E-state index < -0.39 is 0 Å². The molecule has 104 valence electrons. The van der Waals surface area contributed by atoms with Crippen molar-refractivity contribution in [3.63, 3.8) is 0 Å². The molecule has 2 heterocycles. The molecule has 0 spiro atoms. The molecule has 2 unspecified atom stereocenters. The molecule has 1 aromatic carbocycles. The highest BCUT2D eigenvalue weighted by atomic mass is 16.5. The first kappa shape index (κ1) is 12.7. The minimum Gasteiger partial charge on any atom is -0.489 e. The second-order valence-electron chi connectivity index (χ2n) is 5.22. The van der Waals surface area contributed by atoms with Crippen molar-refractivity contribution in [3.05, 3.63) is 41.1 Å². The minimum atomic E-state index is -0.185. The van der Waals surface area contributed by atoms with Crippen LogP contribution in [0.15, 0.2) is 24.4 Å². The highest BCUT2D eigenvalue weighted by Gasteiger charge is 2.31. The van der Waals surface area contributed by atoms with Crippen LogP contribution in [0.1, 0.15) is 41.3 Å². The summed E-state index contributed by atoms with van der Waals surface area (Å²) in [6, 6.07) is 5.69. The van der Waals surface area contributed by atoms with Gasteiger partial charge in [-0.05, 0) is 19.9 Å². The van der Waals surface area contributed by atoms with Gasteiger partial charge in [0.15, 0.2) is 0 Å². The van der Waals surface area contributed by atoms with Gasteiger partial charge in [-0.1, -0.05) is 19.1 Å². The van der Waals surface area contributed by atoms with Crippen molar-refractivity contribution in [1.29, 1.82) is 0 Å². The van der Waals surface area contributed by atoms with E-state index in [1.165, 1.54) is 0 Å². The van der Waals surface area contributed by atoms with E-state index in [-0.39, 0.29) is 12.0 Å². The number of aromatic nitrogens is 2. The van der Waals surface area contributed by atoms with Crippen LogP contribution >= 0.6 is 0 Å². The number of nitrogens with one attached hydrogen (secondary N) is 2. The van der Waals surface area contributed by atoms with Gasteiger partial charge in [0.05, 0.1) is 11.8 Å². The summed E-state index contributed by atoms with van der Waals surface area (Å²) in [7, 11) is 0. The summed E-state index contributed by atoms with van der Waals surface area (Å²) in [6.07, 6.45) is 1.76. The lowest BCUT2D eigenvalue weighted by Gasteiger charge is -2.09. The zero-order chi connectivity index (χ0) is 14.3. The molecule has 1 aromatic heterocycles. The number of rotatable bonds is 2. The second kappa shape index (κ2) is 4.67. The molecule has 1 amide bonds. The fourth-order valence-electron chi connectivity index (χ4n) is 2.42. The number of carbonyl (C=O) groups is 1. The van der Waals surface area contributed by atoms with Crippen molar-refractivity contribution in [1.82, 2.24) is 10.2 Å². The first-order valence-corrected chi connectivity index (χ1v) is 6.69. The molecule has 2 N–H and O–H groups in total. The lowest BCUT2D eigenvalue weighted by Crippen LogP contribution is -2.15. The maximum absolute atomic E-state index is 12.4. The number of carbonyl (C=O) groups excluding carboxylic acids is 1. The lowest BCUT2D eigenvalue weighted by atomic mass is 9.97. The molecule has 1 aliphatic heterocycles. The third-order valence-corrected chi connectivity index (χ3v) is 3.86. The quantitative estimate of drug-likeness (QED) is 0.882. The van der Waals surface area contributed by atoms with E-state index in [2.05, 4.69) is 22.4 Å². The van der Waals surface area contributed by atoms with E-state index in [4.69, 9.17) is 4.74 Å². The Morgan fingerprint density at radius 2 is 2.20 bits per heavy atom. The molecule has 2 atom stereocenters. The smallest absolute Gasteiger partial charge is 0.260 e. The summed E-state index contributed by atoms with van der Waals surface area (Å²) < 4.78 is 5.83. The summed E-state index contributed by atoms with van der Waals surface area (Å²) in [4.78, 5) is 12.4. The highest BCUT2D eigenvalue weighted by molar-refractivity contribution is 6.06. The molecule has 0 bridgehead atoms. The Hall–Kier alpha value is -2.30. The van der Waals surface area contributed by atoms with Crippen molar-refractivity contribution in [2.24, 2.45) is 0 Å². The summed E-state index contributed by atoms with van der Waals surface area (Å²) >= 11 is 0. The van der Waals surface area contributed by atoms with Crippen molar-refractivity contribution in [2.45, 2.75) is 32.8 Å². The van der Waals surface area contributed by atoms with Gasteiger partial charge in [-0.15, -0.1) is 0 Å². The monoisotopic (exact) mass is 271 g/mol. The third kappa shape index (κ3) is 1.95. The summed E-state index contributed by atoms with van der Waals surface area (Å²) in [5, 5.41) is 9.49. The number of ether oxygens (including phenoxy) is 1. The second-order valence-corrected chi connectivity index (χ2v) is 5.22. The Balaban J connectivity index is 1.92. The van der Waals surface area contributed by atoms with Crippen LogP contribution in [0.2, 0.25) is 0 Å². The Bertz CT molecular complexity index is 663. The average Bonchev–Trinajstić information content (AvgIpc) is 2.95. The zero-order valence-electron chi connectivity index (χ0n) is 11.7. The van der Waals surface area contributed by atoms with Crippen LogP contribution in [-0.4, -0.2) is 22.2 Å².